The van der Waals surface area contributed by atoms with Crippen molar-refractivity contribution in [2.45, 2.75) is 26.3 Å². The maximum Gasteiger partial charge on any atom is 0.296 e. The molecule has 1 aliphatic rings. The summed E-state index contributed by atoms with van der Waals surface area (Å²) in [5, 5.41) is 12.3. The number of nitrogens with zero attached hydrogens (tertiary/aromatic N) is 2. The summed E-state index contributed by atoms with van der Waals surface area (Å²) < 4.78 is 29.1. The van der Waals surface area contributed by atoms with Gasteiger partial charge in [-0.1, -0.05) is 43.4 Å². The molecule has 0 radical (unpaired) electrons. The van der Waals surface area contributed by atoms with Crippen molar-refractivity contribution in [2.75, 3.05) is 32.8 Å². The minimum Gasteiger partial charge on any atom is -0.503 e. The molecule has 45 heavy (non-hydrogen) atoms. The molecule has 5 aromatic rings. The molecule has 1 N–H and O–H groups in total. The lowest BCUT2D eigenvalue weighted by Crippen LogP contribution is -2.31. The van der Waals surface area contributed by atoms with E-state index in [1.54, 1.807) is 61.7 Å². The van der Waals surface area contributed by atoms with Gasteiger partial charge in [-0.2, -0.15) is 0 Å². The van der Waals surface area contributed by atoms with Crippen LogP contribution in [0.5, 0.6) is 23.0 Å². The number of para-hydroxylation sites is 1. The van der Waals surface area contributed by atoms with Gasteiger partial charge in [0, 0.05) is 5.39 Å². The molecule has 3 aromatic carbocycles. The van der Waals surface area contributed by atoms with Crippen LogP contribution in [0, 0.1) is 5.92 Å². The summed E-state index contributed by atoms with van der Waals surface area (Å²) in [4.78, 5) is 34.1. The number of ether oxygens (including phenoxy) is 4. The minimum absolute atomic E-state index is 0.0506. The number of fused-ring (bicyclic) bond motifs is 2. The molecule has 232 valence electrons. The van der Waals surface area contributed by atoms with Crippen molar-refractivity contribution in [1.29, 1.82) is 0 Å². The number of aliphatic hydroxyl groups excluding tert-OH is 1. The van der Waals surface area contributed by atoms with Gasteiger partial charge >= 0.3 is 0 Å². The van der Waals surface area contributed by atoms with Gasteiger partial charge in [0.2, 0.25) is 5.78 Å². The number of methoxy groups -OCH3 is 3. The van der Waals surface area contributed by atoms with Crippen LogP contribution < -0.4 is 23.8 Å². The maximum atomic E-state index is 14.2. The zero-order chi connectivity index (χ0) is 31.8. The second kappa shape index (κ2) is 12.2. The lowest BCUT2D eigenvalue weighted by atomic mass is 9.95. The number of carbonyl (C=O) groups is 2. The van der Waals surface area contributed by atoms with Gasteiger partial charge in [-0.05, 0) is 60.4 Å². The van der Waals surface area contributed by atoms with E-state index in [1.807, 2.05) is 6.07 Å². The Morgan fingerprint density at radius 1 is 1.00 bits per heavy atom. The number of carbonyl (C=O) groups excluding carboxylic acids is 2. The molecule has 0 bridgehead atoms. The second-order valence-corrected chi connectivity index (χ2v) is 11.9. The van der Waals surface area contributed by atoms with Crippen molar-refractivity contribution in [3.8, 4) is 23.0 Å². The number of anilines is 1. The van der Waals surface area contributed by atoms with Crippen molar-refractivity contribution in [3.05, 3.63) is 83.3 Å². The molecule has 0 saturated heterocycles. The maximum absolute atomic E-state index is 14.2. The first-order valence-corrected chi connectivity index (χ1v) is 15.2. The summed E-state index contributed by atoms with van der Waals surface area (Å²) in [6, 6.07) is 16.4. The second-order valence-electron chi connectivity index (χ2n) is 10.9. The predicted molar refractivity (Wildman–Crippen MR) is 171 cm³/mol. The first-order chi connectivity index (χ1) is 21.7. The summed E-state index contributed by atoms with van der Waals surface area (Å²) in [6.07, 6.45) is 0.857. The Labute approximate surface area is 263 Å². The van der Waals surface area contributed by atoms with E-state index in [2.05, 4.69) is 13.8 Å². The van der Waals surface area contributed by atoms with E-state index in [-0.39, 0.29) is 11.3 Å². The number of hydrogen-bond donors (Lipinski definition) is 1. The molecular formula is C34H32N2O8S. The Hall–Kier alpha value is -5.03. The van der Waals surface area contributed by atoms with Gasteiger partial charge in [0.1, 0.15) is 5.75 Å². The van der Waals surface area contributed by atoms with E-state index in [9.17, 15) is 14.7 Å². The smallest absolute Gasteiger partial charge is 0.296 e. The third kappa shape index (κ3) is 5.44. The molecule has 6 rings (SSSR count). The van der Waals surface area contributed by atoms with E-state index in [0.29, 0.717) is 62.7 Å². The standard InChI is InChI=1S/C34H32N2O8S/c1-18(2)13-14-43-23-12-9-19(15-25(23)42-5)29-28(30(37)26-16-20-7-6-8-24(41-4)32(20)44-26)31(38)33(39)36(29)34-35-22-11-10-21(40-3)17-27(22)45-34/h6-12,15-18,29,38H,13-14H2,1-5H3. The first kappa shape index (κ1) is 30.0. The minimum atomic E-state index is -1.05. The number of ketones is 1. The molecule has 1 aliphatic heterocycles. The van der Waals surface area contributed by atoms with E-state index in [0.717, 1.165) is 11.1 Å². The van der Waals surface area contributed by atoms with Crippen LogP contribution in [0.4, 0.5) is 5.13 Å². The van der Waals surface area contributed by atoms with E-state index >= 15 is 0 Å². The summed E-state index contributed by atoms with van der Waals surface area (Å²) in [7, 11) is 4.60. The van der Waals surface area contributed by atoms with Crippen LogP contribution in [0.3, 0.4) is 0 Å². The molecular weight excluding hydrogens is 596 g/mol. The van der Waals surface area contributed by atoms with Crippen molar-refractivity contribution >= 4 is 49.3 Å². The van der Waals surface area contributed by atoms with Crippen LogP contribution in [0.25, 0.3) is 21.2 Å². The number of rotatable bonds is 11. The molecule has 0 fully saturated rings. The van der Waals surface area contributed by atoms with Gasteiger partial charge in [0.05, 0.1) is 49.8 Å². The third-order valence-corrected chi connectivity index (χ3v) is 8.67. The van der Waals surface area contributed by atoms with Gasteiger partial charge < -0.3 is 28.5 Å². The van der Waals surface area contributed by atoms with Gasteiger partial charge in [-0.3, -0.25) is 14.5 Å². The molecule has 11 heteroatoms. The summed E-state index contributed by atoms with van der Waals surface area (Å²) in [5.41, 5.74) is 1.38. The highest BCUT2D eigenvalue weighted by Crippen LogP contribution is 2.46. The average molecular weight is 629 g/mol. The molecule has 10 nitrogen and oxygen atoms in total. The fraction of sp³-hybridized carbons (Fsp3) is 0.265. The van der Waals surface area contributed by atoms with Crippen molar-refractivity contribution < 1.29 is 38.1 Å². The molecule has 1 atom stereocenters. The Bertz CT molecular complexity index is 1960. The molecule has 3 heterocycles. The molecule has 1 amide bonds. The summed E-state index contributed by atoms with van der Waals surface area (Å²) in [6.45, 7) is 4.72. The number of Topliss-reactive ketones (excluding diaryl/α,β-unsaturated/α-hetero) is 1. The number of thiazole rings is 1. The van der Waals surface area contributed by atoms with E-state index in [4.69, 9.17) is 28.3 Å². The van der Waals surface area contributed by atoms with Crippen LogP contribution in [-0.4, -0.2) is 49.7 Å². The number of aromatic nitrogens is 1. The normalized spacial score (nSPS) is 15.0. The van der Waals surface area contributed by atoms with Gasteiger partial charge in [0.25, 0.3) is 5.91 Å². The number of aliphatic hydroxyl groups is 1. The molecule has 1 unspecified atom stereocenters. The molecule has 2 aromatic heterocycles. The van der Waals surface area contributed by atoms with Gasteiger partial charge in [-0.15, -0.1) is 0 Å². The van der Waals surface area contributed by atoms with Crippen molar-refractivity contribution in [2.24, 2.45) is 5.92 Å². The van der Waals surface area contributed by atoms with E-state index < -0.39 is 23.5 Å². The Kier molecular flexibility index (Phi) is 8.11. The number of furan rings is 1. The highest BCUT2D eigenvalue weighted by Gasteiger charge is 2.47. The quantitative estimate of drug-likeness (QED) is 0.151. The third-order valence-electron chi connectivity index (χ3n) is 7.65. The Morgan fingerprint density at radius 2 is 1.80 bits per heavy atom. The topological polar surface area (TPSA) is 121 Å². The number of hydrogen-bond acceptors (Lipinski definition) is 10. The lowest BCUT2D eigenvalue weighted by molar-refractivity contribution is -0.117. The fourth-order valence-electron chi connectivity index (χ4n) is 5.29. The highest BCUT2D eigenvalue weighted by atomic mass is 32.1. The predicted octanol–water partition coefficient (Wildman–Crippen LogP) is 7.28. The molecule has 0 aliphatic carbocycles. The zero-order valence-corrected chi connectivity index (χ0v) is 26.3. The lowest BCUT2D eigenvalue weighted by Gasteiger charge is -2.25. The Balaban J connectivity index is 1.47. The largest absolute Gasteiger partial charge is 0.503 e. The van der Waals surface area contributed by atoms with Crippen LogP contribution in [0.2, 0.25) is 0 Å². The summed E-state index contributed by atoms with van der Waals surface area (Å²) >= 11 is 1.24. The summed E-state index contributed by atoms with van der Waals surface area (Å²) in [5.74, 6) is 0.340. The van der Waals surface area contributed by atoms with Gasteiger partial charge in [-0.25, -0.2) is 4.98 Å². The SMILES string of the molecule is COc1ccc2nc(N3C(=O)C(O)=C(C(=O)c4cc5cccc(OC)c5o4)C3c3ccc(OCCC(C)C)c(OC)c3)sc2c1. The highest BCUT2D eigenvalue weighted by molar-refractivity contribution is 7.22. The fourth-order valence-corrected chi connectivity index (χ4v) is 6.31. The number of amides is 1. The van der Waals surface area contributed by atoms with Crippen LogP contribution in [0.1, 0.15) is 42.4 Å². The molecule has 0 spiro atoms. The van der Waals surface area contributed by atoms with Crippen LogP contribution in [0.15, 0.2) is 76.4 Å². The van der Waals surface area contributed by atoms with Crippen molar-refractivity contribution in [3.63, 3.8) is 0 Å². The van der Waals surface area contributed by atoms with E-state index in [1.165, 1.54) is 30.5 Å². The number of benzene rings is 3. The average Bonchev–Trinajstić information content (AvgIpc) is 3.74. The van der Waals surface area contributed by atoms with Gasteiger partial charge in [0.15, 0.2) is 39.5 Å². The zero-order valence-electron chi connectivity index (χ0n) is 25.5. The van der Waals surface area contributed by atoms with Crippen LogP contribution >= 0.6 is 11.3 Å². The Morgan fingerprint density at radius 3 is 2.53 bits per heavy atom. The monoisotopic (exact) mass is 628 g/mol. The van der Waals surface area contributed by atoms with Crippen LogP contribution in [-0.2, 0) is 4.79 Å². The van der Waals surface area contributed by atoms with Crippen molar-refractivity contribution in [1.82, 2.24) is 4.98 Å². The first-order valence-electron chi connectivity index (χ1n) is 14.4. The molecule has 0 saturated carbocycles.